The molecular weight excluding hydrogens is 434 g/mol. The number of ether oxygens (including phenoxy) is 1. The number of aromatic nitrogens is 1. The summed E-state index contributed by atoms with van der Waals surface area (Å²) in [4.78, 5) is 23.7. The Labute approximate surface area is 197 Å². The van der Waals surface area contributed by atoms with Crippen LogP contribution in [0.15, 0.2) is 23.2 Å². The Hall–Kier alpha value is -4.51. The van der Waals surface area contributed by atoms with Crippen LogP contribution in [0, 0.1) is 22.8 Å². The maximum Gasteiger partial charge on any atom is 0.414 e. The number of amides is 1. The van der Waals surface area contributed by atoms with E-state index in [1.165, 1.54) is 0 Å². The summed E-state index contributed by atoms with van der Waals surface area (Å²) >= 11 is 0. The summed E-state index contributed by atoms with van der Waals surface area (Å²) in [5.74, 6) is 0.394. The number of aliphatic imine (C=N–C) groups is 1. The van der Waals surface area contributed by atoms with Crippen molar-refractivity contribution in [2.45, 2.75) is 45.3 Å². The van der Waals surface area contributed by atoms with Crippen molar-refractivity contribution in [1.82, 2.24) is 10.3 Å². The first-order valence-electron chi connectivity index (χ1n) is 10.8. The summed E-state index contributed by atoms with van der Waals surface area (Å²) in [7, 11) is 0. The fourth-order valence-corrected chi connectivity index (χ4v) is 4.21. The van der Waals surface area contributed by atoms with Crippen LogP contribution in [0.3, 0.4) is 0 Å². The number of rotatable bonds is 1. The number of para-hydroxylation sites is 1. The summed E-state index contributed by atoms with van der Waals surface area (Å²) in [6.07, 6.45) is 2.92. The van der Waals surface area contributed by atoms with Crippen molar-refractivity contribution < 1.29 is 9.53 Å². The van der Waals surface area contributed by atoms with Gasteiger partial charge in [0.05, 0.1) is 11.4 Å². The molecule has 11 heteroatoms. The van der Waals surface area contributed by atoms with E-state index in [0.29, 0.717) is 23.4 Å². The van der Waals surface area contributed by atoms with Gasteiger partial charge in [-0.2, -0.15) is 10.5 Å². The monoisotopic (exact) mass is 459 g/mol. The van der Waals surface area contributed by atoms with Crippen LogP contribution in [-0.2, 0) is 11.2 Å². The Morgan fingerprint density at radius 3 is 2.76 bits per heavy atom. The second-order valence-corrected chi connectivity index (χ2v) is 8.99. The minimum Gasteiger partial charge on any atom is -0.443 e. The van der Waals surface area contributed by atoms with Gasteiger partial charge in [0.25, 0.3) is 0 Å². The fraction of sp³-hybridized carbons (Fsp3) is 0.348. The molecule has 1 unspecified atom stereocenters. The molecule has 1 atom stereocenters. The molecule has 0 saturated carbocycles. The number of guanidine groups is 1. The van der Waals surface area contributed by atoms with Crippen LogP contribution >= 0.6 is 0 Å². The maximum atomic E-state index is 13.1. The van der Waals surface area contributed by atoms with Crippen molar-refractivity contribution in [3.63, 3.8) is 0 Å². The standard InChI is InChI=1S/C23H25N9O2/c1-23(2,3)34-22(33)32-9-5-7-12-6-4-8-13(18(12)32)17-15-16(26)14(10-24)19(27)30-20(15)31-21(29-17)28-11-25/h4,6,8,17H,5,7,9H2,1-3H3,(H6,26,27,28,29,30,31). The first kappa shape index (κ1) is 22.7. The lowest BCUT2D eigenvalue weighted by Crippen LogP contribution is -2.41. The number of hydrogen-bond donors (Lipinski definition) is 4. The number of benzene rings is 1. The first-order valence-corrected chi connectivity index (χ1v) is 10.8. The zero-order valence-electron chi connectivity index (χ0n) is 19.1. The Kier molecular flexibility index (Phi) is 5.63. The van der Waals surface area contributed by atoms with Crippen molar-refractivity contribution in [3.8, 4) is 12.3 Å². The van der Waals surface area contributed by atoms with E-state index in [0.717, 1.165) is 18.4 Å². The summed E-state index contributed by atoms with van der Waals surface area (Å²) in [5.41, 5.74) is 14.6. The number of nitrogens with zero attached hydrogens (tertiary/aromatic N) is 5. The number of nitriles is 2. The Balaban J connectivity index is 1.93. The van der Waals surface area contributed by atoms with E-state index < -0.39 is 17.7 Å². The first-order chi connectivity index (χ1) is 16.1. The molecule has 3 heterocycles. The van der Waals surface area contributed by atoms with Crippen molar-refractivity contribution in [2.75, 3.05) is 28.2 Å². The molecule has 6 N–H and O–H groups in total. The van der Waals surface area contributed by atoms with Crippen LogP contribution in [0.4, 0.5) is 27.8 Å². The molecule has 0 radical (unpaired) electrons. The summed E-state index contributed by atoms with van der Waals surface area (Å²) < 4.78 is 5.67. The highest BCUT2D eigenvalue weighted by molar-refractivity contribution is 5.99. The lowest BCUT2D eigenvalue weighted by atomic mass is 9.89. The van der Waals surface area contributed by atoms with Gasteiger partial charge in [-0.15, -0.1) is 0 Å². The molecule has 2 aliphatic rings. The molecule has 1 aromatic heterocycles. The van der Waals surface area contributed by atoms with E-state index in [1.54, 1.807) is 4.90 Å². The highest BCUT2D eigenvalue weighted by Crippen LogP contribution is 2.45. The third-order valence-electron chi connectivity index (χ3n) is 5.51. The molecule has 0 saturated heterocycles. The number of fused-ring (bicyclic) bond motifs is 2. The highest BCUT2D eigenvalue weighted by atomic mass is 16.6. The average molecular weight is 460 g/mol. The number of hydrogen-bond acceptors (Lipinski definition) is 10. The van der Waals surface area contributed by atoms with Crippen LogP contribution in [0.25, 0.3) is 0 Å². The molecule has 2 aliphatic heterocycles. The quantitative estimate of drug-likeness (QED) is 0.368. The molecule has 0 spiro atoms. The minimum atomic E-state index is -0.759. The second kappa shape index (κ2) is 8.45. The van der Waals surface area contributed by atoms with Crippen molar-refractivity contribution >= 4 is 35.1 Å². The smallest absolute Gasteiger partial charge is 0.414 e. The number of aryl methyl sites for hydroxylation is 1. The summed E-state index contributed by atoms with van der Waals surface area (Å²) in [6, 6.07) is 6.92. The Morgan fingerprint density at radius 1 is 1.32 bits per heavy atom. The van der Waals surface area contributed by atoms with Crippen molar-refractivity contribution in [3.05, 3.63) is 40.5 Å². The third-order valence-corrected chi connectivity index (χ3v) is 5.51. The number of nitrogens with two attached hydrogens (primary N) is 2. The zero-order valence-corrected chi connectivity index (χ0v) is 19.1. The second-order valence-electron chi connectivity index (χ2n) is 8.99. The Bertz CT molecular complexity index is 1280. The number of nitrogen functional groups attached to an aromatic ring is 2. The predicted molar refractivity (Wildman–Crippen MR) is 128 cm³/mol. The fourth-order valence-electron chi connectivity index (χ4n) is 4.21. The average Bonchev–Trinajstić information content (AvgIpc) is 2.77. The van der Waals surface area contributed by atoms with Gasteiger partial charge in [-0.25, -0.2) is 14.8 Å². The Morgan fingerprint density at radius 2 is 2.09 bits per heavy atom. The van der Waals surface area contributed by atoms with Crippen molar-refractivity contribution in [1.29, 1.82) is 10.5 Å². The molecule has 1 amide bonds. The van der Waals surface area contributed by atoms with Gasteiger partial charge in [-0.3, -0.25) is 10.2 Å². The lowest BCUT2D eigenvalue weighted by Gasteiger charge is -2.35. The molecular formula is C23H25N9O2. The summed E-state index contributed by atoms with van der Waals surface area (Å²) in [5, 5.41) is 24.1. The van der Waals surface area contributed by atoms with Gasteiger partial charge in [-0.05, 0) is 39.2 Å². The molecule has 174 valence electrons. The van der Waals surface area contributed by atoms with E-state index in [4.69, 9.17) is 21.5 Å². The van der Waals surface area contributed by atoms with Crippen LogP contribution < -0.4 is 27.0 Å². The van der Waals surface area contributed by atoms with Gasteiger partial charge in [0.15, 0.2) is 6.19 Å². The lowest BCUT2D eigenvalue weighted by molar-refractivity contribution is 0.0577. The molecule has 0 aliphatic carbocycles. The predicted octanol–water partition coefficient (Wildman–Crippen LogP) is 2.75. The van der Waals surface area contributed by atoms with Gasteiger partial charge in [0, 0.05) is 17.7 Å². The SMILES string of the molecule is CC(C)(C)OC(=O)N1CCCc2cccc(C3N=C(NC#N)Nc4nc(N)c(C#N)c(N)c43)c21. The minimum absolute atomic E-state index is 0.0336. The van der Waals surface area contributed by atoms with Gasteiger partial charge in [-0.1, -0.05) is 18.2 Å². The van der Waals surface area contributed by atoms with Crippen molar-refractivity contribution in [2.24, 2.45) is 4.99 Å². The van der Waals surface area contributed by atoms with E-state index in [9.17, 15) is 10.1 Å². The topological polar surface area (TPSA) is 178 Å². The van der Waals surface area contributed by atoms with Crippen LogP contribution in [-0.4, -0.2) is 29.2 Å². The molecule has 4 rings (SSSR count). The zero-order chi connectivity index (χ0) is 24.6. The number of carbonyl (C=O) groups is 1. The van der Waals surface area contributed by atoms with E-state index in [1.807, 2.05) is 51.2 Å². The largest absolute Gasteiger partial charge is 0.443 e. The number of pyridine rings is 1. The highest BCUT2D eigenvalue weighted by Gasteiger charge is 2.35. The third kappa shape index (κ3) is 3.99. The van der Waals surface area contributed by atoms with Gasteiger partial charge in [0.1, 0.15) is 34.9 Å². The maximum absolute atomic E-state index is 13.1. The molecule has 0 bridgehead atoms. The molecule has 11 nitrogen and oxygen atoms in total. The van der Waals surface area contributed by atoms with Gasteiger partial charge < -0.3 is 21.5 Å². The number of anilines is 4. The molecule has 34 heavy (non-hydrogen) atoms. The van der Waals surface area contributed by atoms with Crippen LogP contribution in [0.5, 0.6) is 0 Å². The van der Waals surface area contributed by atoms with E-state index in [-0.39, 0.29) is 28.8 Å². The summed E-state index contributed by atoms with van der Waals surface area (Å²) in [6.45, 7) is 5.92. The normalized spacial score (nSPS) is 16.7. The van der Waals surface area contributed by atoms with E-state index >= 15 is 0 Å². The van der Waals surface area contributed by atoms with Gasteiger partial charge in [0.2, 0.25) is 5.96 Å². The number of nitrogens with one attached hydrogen (secondary N) is 2. The van der Waals surface area contributed by atoms with E-state index in [2.05, 4.69) is 20.6 Å². The van der Waals surface area contributed by atoms with Crippen LogP contribution in [0.2, 0.25) is 0 Å². The van der Waals surface area contributed by atoms with Gasteiger partial charge >= 0.3 is 6.09 Å². The number of carbonyl (C=O) groups excluding carboxylic acids is 1. The molecule has 0 fully saturated rings. The molecule has 2 aromatic rings. The molecule has 1 aromatic carbocycles. The van der Waals surface area contributed by atoms with Crippen LogP contribution in [0.1, 0.15) is 55.5 Å².